The average molecular weight is 229 g/mol. The third-order valence-electron chi connectivity index (χ3n) is 2.33. The smallest absolute Gasteiger partial charge is 0.290 e. The van der Waals surface area contributed by atoms with Gasteiger partial charge in [-0.2, -0.15) is 0 Å². The molecule has 0 bridgehead atoms. The first-order valence-corrected chi connectivity index (χ1v) is 5.10. The van der Waals surface area contributed by atoms with Crippen LogP contribution in [0.15, 0.2) is 42.6 Å². The van der Waals surface area contributed by atoms with Crippen LogP contribution in [0.2, 0.25) is 0 Å². The average Bonchev–Trinajstić information content (AvgIpc) is 2.30. The Hall–Kier alpha value is -2.43. The van der Waals surface area contributed by atoms with Crippen molar-refractivity contribution < 1.29 is 4.92 Å². The Kier molecular flexibility index (Phi) is 3.00. The molecule has 86 valence electrons. The van der Waals surface area contributed by atoms with Crippen LogP contribution in [0.1, 0.15) is 5.56 Å². The molecule has 0 saturated carbocycles. The van der Waals surface area contributed by atoms with Crippen LogP contribution in [-0.2, 0) is 0 Å². The molecule has 0 unspecified atom stereocenters. The maximum Gasteiger partial charge on any atom is 0.290 e. The minimum absolute atomic E-state index is 0.0311. The van der Waals surface area contributed by atoms with Gasteiger partial charge in [-0.05, 0) is 25.1 Å². The molecule has 2 rings (SSSR count). The van der Waals surface area contributed by atoms with E-state index in [1.54, 1.807) is 13.0 Å². The molecule has 0 atom stereocenters. The normalized spacial score (nSPS) is 9.94. The van der Waals surface area contributed by atoms with E-state index in [1.165, 1.54) is 6.20 Å². The first-order valence-electron chi connectivity index (χ1n) is 5.10. The minimum atomic E-state index is -0.436. The highest BCUT2D eigenvalue weighted by Gasteiger charge is 2.11. The standard InChI is InChI=1S/C12H11N3O2/c1-9-7-12(13-8-11(9)15(16)17)14-10-5-3-2-4-6-10/h2-8H,1H3,(H,13,14). The second kappa shape index (κ2) is 4.61. The van der Waals surface area contributed by atoms with E-state index in [-0.39, 0.29) is 5.69 Å². The molecule has 17 heavy (non-hydrogen) atoms. The Bertz CT molecular complexity index is 541. The number of para-hydroxylation sites is 1. The first kappa shape index (κ1) is 11.1. The monoisotopic (exact) mass is 229 g/mol. The summed E-state index contributed by atoms with van der Waals surface area (Å²) >= 11 is 0. The number of aryl methyl sites for hydroxylation is 1. The van der Waals surface area contributed by atoms with Crippen LogP contribution in [0, 0.1) is 17.0 Å². The predicted octanol–water partition coefficient (Wildman–Crippen LogP) is 3.04. The van der Waals surface area contributed by atoms with Crippen LogP contribution in [0.4, 0.5) is 17.2 Å². The van der Waals surface area contributed by atoms with Crippen molar-refractivity contribution in [1.82, 2.24) is 4.98 Å². The number of pyridine rings is 1. The van der Waals surface area contributed by atoms with Gasteiger partial charge in [-0.3, -0.25) is 10.1 Å². The molecule has 0 aliphatic carbocycles. The summed E-state index contributed by atoms with van der Waals surface area (Å²) in [5.41, 5.74) is 1.51. The molecule has 1 N–H and O–H groups in total. The van der Waals surface area contributed by atoms with E-state index in [0.717, 1.165) is 5.69 Å². The summed E-state index contributed by atoms with van der Waals surface area (Å²) in [6, 6.07) is 11.2. The fraction of sp³-hybridized carbons (Fsp3) is 0.0833. The highest BCUT2D eigenvalue weighted by molar-refractivity contribution is 5.58. The highest BCUT2D eigenvalue weighted by atomic mass is 16.6. The van der Waals surface area contributed by atoms with Crippen molar-refractivity contribution in [3.05, 3.63) is 58.3 Å². The molecule has 0 spiro atoms. The topological polar surface area (TPSA) is 68.1 Å². The molecule has 1 aromatic carbocycles. The summed E-state index contributed by atoms with van der Waals surface area (Å²) in [6.07, 6.45) is 1.26. The number of hydrogen-bond acceptors (Lipinski definition) is 4. The highest BCUT2D eigenvalue weighted by Crippen LogP contribution is 2.21. The third kappa shape index (κ3) is 2.57. The summed E-state index contributed by atoms with van der Waals surface area (Å²) in [7, 11) is 0. The van der Waals surface area contributed by atoms with Gasteiger partial charge >= 0.3 is 0 Å². The van der Waals surface area contributed by atoms with Crippen molar-refractivity contribution in [2.75, 3.05) is 5.32 Å². The number of benzene rings is 1. The Morgan fingerprint density at radius 1 is 1.29 bits per heavy atom. The Morgan fingerprint density at radius 2 is 2.00 bits per heavy atom. The summed E-state index contributed by atoms with van der Waals surface area (Å²) in [6.45, 7) is 1.69. The van der Waals surface area contributed by atoms with Crippen molar-refractivity contribution >= 4 is 17.2 Å². The molecule has 0 aliphatic rings. The maximum absolute atomic E-state index is 10.6. The number of nitrogens with one attached hydrogen (secondary N) is 1. The van der Waals surface area contributed by atoms with Crippen molar-refractivity contribution in [2.24, 2.45) is 0 Å². The second-order valence-electron chi connectivity index (χ2n) is 3.60. The van der Waals surface area contributed by atoms with Crippen LogP contribution >= 0.6 is 0 Å². The van der Waals surface area contributed by atoms with Gasteiger partial charge in [-0.1, -0.05) is 18.2 Å². The Balaban J connectivity index is 2.24. The molecule has 0 fully saturated rings. The second-order valence-corrected chi connectivity index (χ2v) is 3.60. The number of nitro groups is 1. The van der Waals surface area contributed by atoms with Crippen LogP contribution in [0.3, 0.4) is 0 Å². The molecular weight excluding hydrogens is 218 g/mol. The first-order chi connectivity index (χ1) is 8.16. The molecule has 0 amide bonds. The fourth-order valence-corrected chi connectivity index (χ4v) is 1.48. The molecule has 2 aromatic rings. The number of aromatic nitrogens is 1. The number of rotatable bonds is 3. The van der Waals surface area contributed by atoms with Crippen LogP contribution in [0.5, 0.6) is 0 Å². The minimum Gasteiger partial charge on any atom is -0.340 e. The van der Waals surface area contributed by atoms with Crippen molar-refractivity contribution in [3.8, 4) is 0 Å². The molecular formula is C12H11N3O2. The zero-order chi connectivity index (χ0) is 12.3. The zero-order valence-corrected chi connectivity index (χ0v) is 9.25. The van der Waals surface area contributed by atoms with E-state index >= 15 is 0 Å². The lowest BCUT2D eigenvalue weighted by Crippen LogP contribution is -1.97. The predicted molar refractivity (Wildman–Crippen MR) is 65.4 cm³/mol. The summed E-state index contributed by atoms with van der Waals surface area (Å²) in [4.78, 5) is 14.2. The molecule has 0 radical (unpaired) electrons. The molecule has 0 aliphatic heterocycles. The third-order valence-corrected chi connectivity index (χ3v) is 2.33. The molecule has 0 saturated heterocycles. The maximum atomic E-state index is 10.6. The van der Waals surface area contributed by atoms with Gasteiger partial charge in [0.05, 0.1) is 4.92 Å². The number of anilines is 2. The van der Waals surface area contributed by atoms with Crippen molar-refractivity contribution in [1.29, 1.82) is 0 Å². The summed E-state index contributed by atoms with van der Waals surface area (Å²) < 4.78 is 0. The zero-order valence-electron chi connectivity index (χ0n) is 9.25. The van der Waals surface area contributed by atoms with Gasteiger partial charge in [-0.25, -0.2) is 4.98 Å². The SMILES string of the molecule is Cc1cc(Nc2ccccc2)ncc1[N+](=O)[O-]. The number of nitrogens with zero attached hydrogens (tertiary/aromatic N) is 2. The van der Waals surface area contributed by atoms with Crippen LogP contribution < -0.4 is 5.32 Å². The lowest BCUT2D eigenvalue weighted by atomic mass is 10.2. The van der Waals surface area contributed by atoms with Gasteiger partial charge < -0.3 is 5.32 Å². The van der Waals surface area contributed by atoms with Gasteiger partial charge in [0.1, 0.15) is 12.0 Å². The summed E-state index contributed by atoms with van der Waals surface area (Å²) in [5.74, 6) is 0.597. The quantitative estimate of drug-likeness (QED) is 0.648. The van der Waals surface area contributed by atoms with Crippen molar-refractivity contribution in [3.63, 3.8) is 0 Å². The van der Waals surface area contributed by atoms with Gasteiger partial charge in [-0.15, -0.1) is 0 Å². The fourth-order valence-electron chi connectivity index (χ4n) is 1.48. The lowest BCUT2D eigenvalue weighted by Gasteiger charge is -2.05. The summed E-state index contributed by atoms with van der Waals surface area (Å²) in [5, 5.41) is 13.7. The van der Waals surface area contributed by atoms with Crippen molar-refractivity contribution in [2.45, 2.75) is 6.92 Å². The Labute approximate surface area is 98.3 Å². The van der Waals surface area contributed by atoms with Gasteiger partial charge in [0.15, 0.2) is 0 Å². The van der Waals surface area contributed by atoms with E-state index in [2.05, 4.69) is 10.3 Å². The van der Waals surface area contributed by atoms with Gasteiger partial charge in [0.25, 0.3) is 5.69 Å². The largest absolute Gasteiger partial charge is 0.340 e. The molecule has 5 heteroatoms. The molecule has 1 aromatic heterocycles. The van der Waals surface area contributed by atoms with Gasteiger partial charge in [0, 0.05) is 11.3 Å². The molecule has 5 nitrogen and oxygen atoms in total. The van der Waals surface area contributed by atoms with Gasteiger partial charge in [0.2, 0.25) is 0 Å². The van der Waals surface area contributed by atoms with Crippen LogP contribution in [0.25, 0.3) is 0 Å². The van der Waals surface area contributed by atoms with E-state index in [9.17, 15) is 10.1 Å². The lowest BCUT2D eigenvalue weighted by molar-refractivity contribution is -0.385. The van der Waals surface area contributed by atoms with E-state index in [4.69, 9.17) is 0 Å². The van der Waals surface area contributed by atoms with E-state index in [1.807, 2.05) is 30.3 Å². The molecule has 1 heterocycles. The van der Waals surface area contributed by atoms with Crippen LogP contribution in [-0.4, -0.2) is 9.91 Å². The van der Waals surface area contributed by atoms with E-state index in [0.29, 0.717) is 11.4 Å². The Morgan fingerprint density at radius 3 is 2.59 bits per heavy atom. The van der Waals surface area contributed by atoms with E-state index < -0.39 is 4.92 Å². The number of hydrogen-bond donors (Lipinski definition) is 1.